The molecule has 0 bridgehead atoms. The molecular weight excluding hydrogens is 463 g/mol. The van der Waals surface area contributed by atoms with Crippen molar-refractivity contribution in [3.05, 3.63) is 53.6 Å². The van der Waals surface area contributed by atoms with Gasteiger partial charge in [-0.05, 0) is 37.1 Å². The molecule has 1 fully saturated rings. The monoisotopic (exact) mass is 478 g/mol. The summed E-state index contributed by atoms with van der Waals surface area (Å²) in [7, 11) is -4.10. The van der Waals surface area contributed by atoms with Crippen LogP contribution in [0.25, 0.3) is 10.2 Å². The van der Waals surface area contributed by atoms with Crippen LogP contribution in [-0.2, 0) is 16.2 Å². The van der Waals surface area contributed by atoms with E-state index in [1.807, 2.05) is 0 Å². The highest BCUT2D eigenvalue weighted by molar-refractivity contribution is 7.89. The molecule has 0 spiro atoms. The van der Waals surface area contributed by atoms with Crippen molar-refractivity contribution in [1.82, 2.24) is 9.29 Å². The van der Waals surface area contributed by atoms with E-state index in [0.717, 1.165) is 46.0 Å². The van der Waals surface area contributed by atoms with Crippen LogP contribution in [0.5, 0.6) is 5.19 Å². The number of aromatic nitrogens is 1. The summed E-state index contributed by atoms with van der Waals surface area (Å²) < 4.78 is 98.4. The third-order valence-corrected chi connectivity index (χ3v) is 7.65. The van der Waals surface area contributed by atoms with E-state index in [0.29, 0.717) is 6.07 Å². The number of ether oxygens (including phenoxy) is 1. The molecule has 31 heavy (non-hydrogen) atoms. The summed E-state index contributed by atoms with van der Waals surface area (Å²) in [6, 6.07) is 5.48. The van der Waals surface area contributed by atoms with Crippen LogP contribution in [0.3, 0.4) is 0 Å². The van der Waals surface area contributed by atoms with Crippen molar-refractivity contribution in [3.8, 4) is 5.19 Å². The molecule has 4 rings (SSSR count). The quantitative estimate of drug-likeness (QED) is 0.505. The number of rotatable bonds is 4. The van der Waals surface area contributed by atoms with Gasteiger partial charge < -0.3 is 4.74 Å². The fraction of sp³-hybridized carbons (Fsp3) is 0.316. The number of fused-ring (bicyclic) bond motifs is 1. The largest absolute Gasteiger partial charge is 0.467 e. The summed E-state index contributed by atoms with van der Waals surface area (Å²) in [5, 5.41) is 0.138. The second kappa shape index (κ2) is 7.99. The fourth-order valence-corrected chi connectivity index (χ4v) is 5.74. The number of hydrogen-bond donors (Lipinski definition) is 0. The number of halogens is 5. The lowest BCUT2D eigenvalue weighted by atomic mass is 10.1. The molecule has 2 aromatic carbocycles. The second-order valence-electron chi connectivity index (χ2n) is 6.96. The normalized spacial score (nSPS) is 16.7. The van der Waals surface area contributed by atoms with Crippen LogP contribution in [0.1, 0.15) is 18.4 Å². The van der Waals surface area contributed by atoms with E-state index < -0.39 is 44.4 Å². The van der Waals surface area contributed by atoms with Gasteiger partial charge in [-0.2, -0.15) is 22.5 Å². The zero-order chi connectivity index (χ0) is 22.4. The van der Waals surface area contributed by atoms with Crippen LogP contribution in [0, 0.1) is 11.6 Å². The van der Waals surface area contributed by atoms with E-state index >= 15 is 0 Å². The Hall–Kier alpha value is -2.31. The van der Waals surface area contributed by atoms with E-state index in [-0.39, 0.29) is 41.3 Å². The van der Waals surface area contributed by atoms with Gasteiger partial charge in [-0.3, -0.25) is 0 Å². The summed E-state index contributed by atoms with van der Waals surface area (Å²) in [4.78, 5) is 3.59. The minimum absolute atomic E-state index is 0.00837. The van der Waals surface area contributed by atoms with Crippen molar-refractivity contribution in [2.75, 3.05) is 13.1 Å². The van der Waals surface area contributed by atoms with Crippen molar-refractivity contribution >= 4 is 31.6 Å². The molecule has 0 aliphatic carbocycles. The van der Waals surface area contributed by atoms with Crippen molar-refractivity contribution in [2.45, 2.75) is 30.0 Å². The van der Waals surface area contributed by atoms with E-state index in [2.05, 4.69) is 4.98 Å². The highest BCUT2D eigenvalue weighted by Gasteiger charge is 2.34. The first-order valence-corrected chi connectivity index (χ1v) is 11.4. The third kappa shape index (κ3) is 4.51. The van der Waals surface area contributed by atoms with Crippen molar-refractivity contribution in [2.24, 2.45) is 0 Å². The average Bonchev–Trinajstić information content (AvgIpc) is 3.10. The van der Waals surface area contributed by atoms with Gasteiger partial charge in [0.15, 0.2) is 5.82 Å². The third-order valence-electron chi connectivity index (χ3n) is 4.86. The molecule has 1 aliphatic rings. The Morgan fingerprint density at radius 2 is 1.81 bits per heavy atom. The van der Waals surface area contributed by atoms with Crippen molar-refractivity contribution in [3.63, 3.8) is 0 Å². The van der Waals surface area contributed by atoms with Crippen molar-refractivity contribution in [1.29, 1.82) is 0 Å². The van der Waals surface area contributed by atoms with Gasteiger partial charge in [-0.15, -0.1) is 0 Å². The molecule has 0 N–H and O–H groups in total. The number of piperidine rings is 1. The minimum Gasteiger partial charge on any atom is -0.467 e. The topological polar surface area (TPSA) is 59.5 Å². The first kappa shape index (κ1) is 21.9. The van der Waals surface area contributed by atoms with Gasteiger partial charge in [0.1, 0.15) is 17.4 Å². The highest BCUT2D eigenvalue weighted by Crippen LogP contribution is 2.34. The van der Waals surface area contributed by atoms with E-state index in [9.17, 15) is 30.4 Å². The van der Waals surface area contributed by atoms with E-state index in [4.69, 9.17) is 4.74 Å². The maximum Gasteiger partial charge on any atom is 0.416 e. The van der Waals surface area contributed by atoms with Gasteiger partial charge in [0.2, 0.25) is 10.0 Å². The van der Waals surface area contributed by atoms with Crippen LogP contribution in [0.4, 0.5) is 22.0 Å². The lowest BCUT2D eigenvalue weighted by Crippen LogP contribution is -2.41. The lowest BCUT2D eigenvalue weighted by molar-refractivity contribution is -0.137. The maximum atomic E-state index is 13.8. The lowest BCUT2D eigenvalue weighted by Gasteiger charge is -2.30. The fourth-order valence-electron chi connectivity index (χ4n) is 3.30. The smallest absolute Gasteiger partial charge is 0.416 e. The summed E-state index contributed by atoms with van der Waals surface area (Å²) in [5.41, 5.74) is -1.04. The summed E-state index contributed by atoms with van der Waals surface area (Å²) >= 11 is 0.975. The number of nitrogens with zero attached hydrogens (tertiary/aromatic N) is 2. The van der Waals surface area contributed by atoms with Gasteiger partial charge >= 0.3 is 6.18 Å². The number of alkyl halides is 3. The Balaban J connectivity index is 1.44. The van der Waals surface area contributed by atoms with Crippen LogP contribution in [-0.4, -0.2) is 36.9 Å². The SMILES string of the molecule is O=S(=O)(c1cccc(C(F)(F)F)c1)N1CCC(Oc2nc3c(F)cc(F)cc3s2)CC1. The Kier molecular flexibility index (Phi) is 5.64. The van der Waals surface area contributed by atoms with E-state index in [1.165, 1.54) is 0 Å². The van der Waals surface area contributed by atoms with Gasteiger partial charge in [-0.1, -0.05) is 17.4 Å². The zero-order valence-electron chi connectivity index (χ0n) is 15.7. The molecule has 0 atom stereocenters. The molecule has 0 amide bonds. The molecule has 5 nitrogen and oxygen atoms in total. The Morgan fingerprint density at radius 1 is 1.10 bits per heavy atom. The Morgan fingerprint density at radius 3 is 2.48 bits per heavy atom. The van der Waals surface area contributed by atoms with Crippen LogP contribution < -0.4 is 4.74 Å². The number of hydrogen-bond acceptors (Lipinski definition) is 5. The van der Waals surface area contributed by atoms with Gasteiger partial charge in [0.25, 0.3) is 5.19 Å². The predicted molar refractivity (Wildman–Crippen MR) is 103 cm³/mol. The Bertz CT molecular complexity index is 1220. The average molecular weight is 478 g/mol. The summed E-state index contributed by atoms with van der Waals surface area (Å²) in [5.74, 6) is -1.53. The molecule has 0 radical (unpaired) electrons. The second-order valence-corrected chi connectivity index (χ2v) is 9.89. The molecule has 0 saturated carbocycles. The highest BCUT2D eigenvalue weighted by atomic mass is 32.2. The molecule has 166 valence electrons. The van der Waals surface area contributed by atoms with Crippen LogP contribution in [0.2, 0.25) is 0 Å². The summed E-state index contributed by atoms with van der Waals surface area (Å²) in [6.45, 7) is 0.0776. The van der Waals surface area contributed by atoms with Crippen LogP contribution in [0.15, 0.2) is 41.3 Å². The molecule has 0 unspecified atom stereocenters. The molecule has 1 saturated heterocycles. The standard InChI is InChI=1S/C19H15F5N2O3S2/c20-12-9-15(21)17-16(10-12)30-18(25-17)29-13-4-6-26(7-5-13)31(27,28)14-3-1-2-11(8-14)19(22,23)24/h1-3,8-10,13H,4-7H2. The van der Waals surface area contributed by atoms with Gasteiger partial charge in [0, 0.05) is 19.2 Å². The molecule has 12 heteroatoms. The zero-order valence-corrected chi connectivity index (χ0v) is 17.3. The van der Waals surface area contributed by atoms with Crippen LogP contribution >= 0.6 is 11.3 Å². The molecular formula is C19H15F5N2O3S2. The Labute approximate surface area is 178 Å². The first-order valence-electron chi connectivity index (χ1n) is 9.14. The predicted octanol–water partition coefficient (Wildman–Crippen LogP) is 4.83. The number of sulfonamides is 1. The number of thiazole rings is 1. The molecule has 1 aromatic heterocycles. The maximum absolute atomic E-state index is 13.8. The van der Waals surface area contributed by atoms with Gasteiger partial charge in [0.05, 0.1) is 15.2 Å². The molecule has 1 aliphatic heterocycles. The number of benzene rings is 2. The van der Waals surface area contributed by atoms with E-state index in [1.54, 1.807) is 0 Å². The van der Waals surface area contributed by atoms with Crippen molar-refractivity contribution < 1.29 is 35.1 Å². The first-order chi connectivity index (χ1) is 14.5. The summed E-state index contributed by atoms with van der Waals surface area (Å²) in [6.07, 6.45) is -4.52. The molecule has 3 aromatic rings. The minimum atomic E-state index is -4.65. The van der Waals surface area contributed by atoms with Gasteiger partial charge in [-0.25, -0.2) is 17.2 Å². The molecule has 2 heterocycles.